The number of carbonyl (C=O) groups excluding carboxylic acids is 1. The second-order valence-corrected chi connectivity index (χ2v) is 5.39. The average Bonchev–Trinajstić information content (AvgIpc) is 2.45. The number of anilines is 1. The molecule has 0 aliphatic heterocycles. The molecule has 0 aliphatic rings. The van der Waals surface area contributed by atoms with Crippen LogP contribution in [-0.4, -0.2) is 12.5 Å². The number of aryl methyl sites for hydroxylation is 2. The first-order chi connectivity index (χ1) is 10.1. The zero-order valence-electron chi connectivity index (χ0n) is 12.6. The van der Waals surface area contributed by atoms with Crippen LogP contribution in [0.15, 0.2) is 42.5 Å². The Balaban J connectivity index is 1.83. The Morgan fingerprint density at radius 1 is 1.05 bits per heavy atom. The highest BCUT2D eigenvalue weighted by atomic mass is 16.1. The standard InChI is InChI=1S/C18H22N2O/c1-13-4-3-5-14(2)17(13)10-11-20-18(21)12-15-6-8-16(19)9-7-15/h3-9H,10-12,19H2,1-2H3,(H,20,21). The Morgan fingerprint density at radius 2 is 1.67 bits per heavy atom. The molecular weight excluding hydrogens is 260 g/mol. The molecule has 2 aromatic rings. The Labute approximate surface area is 126 Å². The molecule has 1 amide bonds. The van der Waals surface area contributed by atoms with Gasteiger partial charge in [0, 0.05) is 12.2 Å². The predicted molar refractivity (Wildman–Crippen MR) is 87.2 cm³/mol. The van der Waals surface area contributed by atoms with Crippen molar-refractivity contribution in [2.45, 2.75) is 26.7 Å². The smallest absolute Gasteiger partial charge is 0.224 e. The lowest BCUT2D eigenvalue weighted by molar-refractivity contribution is -0.120. The Kier molecular flexibility index (Phi) is 4.99. The summed E-state index contributed by atoms with van der Waals surface area (Å²) in [5.74, 6) is 0.0472. The summed E-state index contributed by atoms with van der Waals surface area (Å²) in [7, 11) is 0. The lowest BCUT2D eigenvalue weighted by Crippen LogP contribution is -2.27. The van der Waals surface area contributed by atoms with Crippen molar-refractivity contribution in [3.05, 3.63) is 64.7 Å². The quantitative estimate of drug-likeness (QED) is 0.829. The number of amides is 1. The van der Waals surface area contributed by atoms with Crippen LogP contribution in [-0.2, 0) is 17.6 Å². The maximum absolute atomic E-state index is 11.9. The number of benzene rings is 2. The lowest BCUT2D eigenvalue weighted by atomic mass is 10.0. The van der Waals surface area contributed by atoms with E-state index in [2.05, 4.69) is 37.4 Å². The number of hydrogen-bond donors (Lipinski definition) is 2. The summed E-state index contributed by atoms with van der Waals surface area (Å²) in [5.41, 5.74) is 11.2. The molecule has 3 N–H and O–H groups in total. The topological polar surface area (TPSA) is 55.1 Å². The van der Waals surface area contributed by atoms with Crippen LogP contribution < -0.4 is 11.1 Å². The summed E-state index contributed by atoms with van der Waals surface area (Å²) in [6, 6.07) is 13.7. The van der Waals surface area contributed by atoms with Crippen molar-refractivity contribution >= 4 is 11.6 Å². The van der Waals surface area contributed by atoms with Gasteiger partial charge in [0.25, 0.3) is 0 Å². The number of hydrogen-bond acceptors (Lipinski definition) is 2. The Bertz CT molecular complexity index is 597. The number of carbonyl (C=O) groups is 1. The van der Waals surface area contributed by atoms with Gasteiger partial charge in [-0.3, -0.25) is 4.79 Å². The summed E-state index contributed by atoms with van der Waals surface area (Å²) in [6.07, 6.45) is 1.26. The maximum atomic E-state index is 11.9. The van der Waals surface area contributed by atoms with Gasteiger partial charge in [0.05, 0.1) is 6.42 Å². The molecular formula is C18H22N2O. The second kappa shape index (κ2) is 6.93. The van der Waals surface area contributed by atoms with Gasteiger partial charge in [0.2, 0.25) is 5.91 Å². The van der Waals surface area contributed by atoms with Crippen LogP contribution in [0.3, 0.4) is 0 Å². The van der Waals surface area contributed by atoms with Gasteiger partial charge in [-0.1, -0.05) is 30.3 Å². The van der Waals surface area contributed by atoms with E-state index in [0.29, 0.717) is 18.7 Å². The molecule has 0 spiro atoms. The van der Waals surface area contributed by atoms with Crippen molar-refractivity contribution in [1.82, 2.24) is 5.32 Å². The molecule has 0 fully saturated rings. The molecule has 0 bridgehead atoms. The van der Waals surface area contributed by atoms with Crippen molar-refractivity contribution in [1.29, 1.82) is 0 Å². The van der Waals surface area contributed by atoms with Crippen molar-refractivity contribution < 1.29 is 4.79 Å². The van der Waals surface area contributed by atoms with Gasteiger partial charge in [-0.05, 0) is 54.7 Å². The first-order valence-corrected chi connectivity index (χ1v) is 7.22. The van der Waals surface area contributed by atoms with E-state index >= 15 is 0 Å². The third-order valence-electron chi connectivity index (χ3n) is 3.69. The lowest BCUT2D eigenvalue weighted by Gasteiger charge is -2.10. The molecule has 0 unspecified atom stereocenters. The molecule has 0 aliphatic carbocycles. The minimum absolute atomic E-state index is 0.0472. The van der Waals surface area contributed by atoms with Crippen molar-refractivity contribution in [3.63, 3.8) is 0 Å². The van der Waals surface area contributed by atoms with Gasteiger partial charge in [-0.15, -0.1) is 0 Å². The van der Waals surface area contributed by atoms with Crippen LogP contribution in [0.25, 0.3) is 0 Å². The van der Waals surface area contributed by atoms with E-state index < -0.39 is 0 Å². The van der Waals surface area contributed by atoms with E-state index in [9.17, 15) is 4.79 Å². The molecule has 3 nitrogen and oxygen atoms in total. The fraction of sp³-hybridized carbons (Fsp3) is 0.278. The molecule has 0 radical (unpaired) electrons. The zero-order valence-corrected chi connectivity index (χ0v) is 12.6. The van der Waals surface area contributed by atoms with Gasteiger partial charge in [-0.25, -0.2) is 0 Å². The minimum Gasteiger partial charge on any atom is -0.399 e. The fourth-order valence-corrected chi connectivity index (χ4v) is 2.45. The summed E-state index contributed by atoms with van der Waals surface area (Å²) < 4.78 is 0. The third-order valence-corrected chi connectivity index (χ3v) is 3.69. The molecule has 0 saturated carbocycles. The highest BCUT2D eigenvalue weighted by Gasteiger charge is 2.05. The fourth-order valence-electron chi connectivity index (χ4n) is 2.45. The van der Waals surface area contributed by atoms with E-state index in [0.717, 1.165) is 12.0 Å². The van der Waals surface area contributed by atoms with Crippen LogP contribution in [0.2, 0.25) is 0 Å². The predicted octanol–water partition coefficient (Wildman–Crippen LogP) is 2.79. The number of nitrogens with one attached hydrogen (secondary N) is 1. The summed E-state index contributed by atoms with van der Waals surface area (Å²) in [6.45, 7) is 4.89. The van der Waals surface area contributed by atoms with Crippen LogP contribution in [0.5, 0.6) is 0 Å². The van der Waals surface area contributed by atoms with Gasteiger partial charge >= 0.3 is 0 Å². The molecule has 2 rings (SSSR count). The van der Waals surface area contributed by atoms with Crippen molar-refractivity contribution in [3.8, 4) is 0 Å². The van der Waals surface area contributed by atoms with Gasteiger partial charge in [-0.2, -0.15) is 0 Å². The average molecular weight is 282 g/mol. The van der Waals surface area contributed by atoms with E-state index in [4.69, 9.17) is 5.73 Å². The van der Waals surface area contributed by atoms with Gasteiger partial charge in [0.15, 0.2) is 0 Å². The largest absolute Gasteiger partial charge is 0.399 e. The van der Waals surface area contributed by atoms with Crippen molar-refractivity contribution in [2.75, 3.05) is 12.3 Å². The number of nitrogen functional groups attached to an aromatic ring is 1. The number of rotatable bonds is 5. The third kappa shape index (κ3) is 4.35. The molecule has 3 heteroatoms. The van der Waals surface area contributed by atoms with E-state index in [-0.39, 0.29) is 5.91 Å². The Morgan fingerprint density at radius 3 is 2.29 bits per heavy atom. The zero-order chi connectivity index (χ0) is 15.2. The minimum atomic E-state index is 0.0472. The summed E-state index contributed by atoms with van der Waals surface area (Å²) in [4.78, 5) is 11.9. The first kappa shape index (κ1) is 15.1. The van der Waals surface area contributed by atoms with Crippen LogP contribution in [0.1, 0.15) is 22.3 Å². The van der Waals surface area contributed by atoms with E-state index in [1.807, 2.05) is 24.3 Å². The monoisotopic (exact) mass is 282 g/mol. The highest BCUT2D eigenvalue weighted by molar-refractivity contribution is 5.78. The summed E-state index contributed by atoms with van der Waals surface area (Å²) in [5, 5.41) is 2.98. The maximum Gasteiger partial charge on any atom is 0.224 e. The molecule has 0 saturated heterocycles. The SMILES string of the molecule is Cc1cccc(C)c1CCNC(=O)Cc1ccc(N)cc1. The Hall–Kier alpha value is -2.29. The van der Waals surface area contributed by atoms with E-state index in [1.54, 1.807) is 0 Å². The molecule has 110 valence electrons. The normalized spacial score (nSPS) is 10.4. The van der Waals surface area contributed by atoms with Gasteiger partial charge in [0.1, 0.15) is 0 Å². The molecule has 0 heterocycles. The van der Waals surface area contributed by atoms with Crippen LogP contribution in [0, 0.1) is 13.8 Å². The molecule has 2 aromatic carbocycles. The molecule has 21 heavy (non-hydrogen) atoms. The molecule has 0 atom stereocenters. The van der Waals surface area contributed by atoms with Crippen LogP contribution >= 0.6 is 0 Å². The van der Waals surface area contributed by atoms with E-state index in [1.165, 1.54) is 16.7 Å². The summed E-state index contributed by atoms with van der Waals surface area (Å²) >= 11 is 0. The first-order valence-electron chi connectivity index (χ1n) is 7.22. The van der Waals surface area contributed by atoms with Crippen molar-refractivity contribution in [2.24, 2.45) is 0 Å². The van der Waals surface area contributed by atoms with Gasteiger partial charge < -0.3 is 11.1 Å². The van der Waals surface area contributed by atoms with Crippen LogP contribution in [0.4, 0.5) is 5.69 Å². The highest BCUT2D eigenvalue weighted by Crippen LogP contribution is 2.13. The molecule has 0 aromatic heterocycles. The second-order valence-electron chi connectivity index (χ2n) is 5.39. The number of nitrogens with two attached hydrogens (primary N) is 1.